The maximum Gasteiger partial charge on any atom is 0.306 e. The number of carbonyl (C=O) groups is 2. The summed E-state index contributed by atoms with van der Waals surface area (Å²) >= 11 is 0. The highest BCUT2D eigenvalue weighted by molar-refractivity contribution is 5.97. The van der Waals surface area contributed by atoms with E-state index in [-0.39, 0.29) is 30.8 Å². The molecule has 0 saturated heterocycles. The molecule has 2 aromatic rings. The predicted molar refractivity (Wildman–Crippen MR) is 92.9 cm³/mol. The van der Waals surface area contributed by atoms with E-state index in [0.717, 1.165) is 19.3 Å². The van der Waals surface area contributed by atoms with Gasteiger partial charge in [-0.05, 0) is 54.7 Å². The number of nitriles is 1. The van der Waals surface area contributed by atoms with Gasteiger partial charge in [0.05, 0.1) is 18.1 Å². The second kappa shape index (κ2) is 7.92. The van der Waals surface area contributed by atoms with Crippen LogP contribution in [-0.2, 0) is 29.0 Å². The highest BCUT2D eigenvalue weighted by Crippen LogP contribution is 2.23. The average Bonchev–Trinajstić information content (AvgIpc) is 3.13. The Hall–Kier alpha value is -3.00. The number of rotatable bonds is 6. The summed E-state index contributed by atoms with van der Waals surface area (Å²) < 4.78 is 18.7. The molecule has 1 aliphatic carbocycles. The lowest BCUT2D eigenvalue weighted by molar-refractivity contribution is -0.144. The molecule has 0 N–H and O–H groups in total. The number of ether oxygens (including phenoxy) is 1. The fourth-order valence-corrected chi connectivity index (χ4v) is 3.09. The van der Waals surface area contributed by atoms with E-state index in [1.165, 1.54) is 29.3 Å². The van der Waals surface area contributed by atoms with Crippen molar-refractivity contribution in [1.29, 1.82) is 5.26 Å². The topological polar surface area (TPSA) is 67.2 Å². The Balaban J connectivity index is 1.51. The first kappa shape index (κ1) is 17.8. The number of benzene rings is 2. The lowest BCUT2D eigenvalue weighted by Gasteiger charge is -2.07. The Morgan fingerprint density at radius 1 is 1.08 bits per heavy atom. The van der Waals surface area contributed by atoms with Gasteiger partial charge in [0.2, 0.25) is 0 Å². The maximum absolute atomic E-state index is 13.6. The Bertz CT molecular complexity index is 899. The van der Waals surface area contributed by atoms with Crippen LogP contribution < -0.4 is 0 Å². The van der Waals surface area contributed by atoms with Gasteiger partial charge in [-0.3, -0.25) is 9.59 Å². The van der Waals surface area contributed by atoms with Crippen molar-refractivity contribution in [3.63, 3.8) is 0 Å². The Morgan fingerprint density at radius 3 is 2.69 bits per heavy atom. The largest absolute Gasteiger partial charge is 0.461 e. The molecule has 0 aliphatic heterocycles. The van der Waals surface area contributed by atoms with Gasteiger partial charge in [0.1, 0.15) is 12.4 Å². The normalized spacial score (nSPS) is 12.3. The van der Waals surface area contributed by atoms with Gasteiger partial charge in [0.15, 0.2) is 5.78 Å². The van der Waals surface area contributed by atoms with E-state index >= 15 is 0 Å². The van der Waals surface area contributed by atoms with Crippen molar-refractivity contribution in [2.75, 3.05) is 0 Å². The summed E-state index contributed by atoms with van der Waals surface area (Å²) in [6, 6.07) is 11.5. The van der Waals surface area contributed by atoms with Gasteiger partial charge in [-0.25, -0.2) is 4.39 Å². The first-order valence-electron chi connectivity index (χ1n) is 8.56. The van der Waals surface area contributed by atoms with Crippen LogP contribution in [0.25, 0.3) is 0 Å². The van der Waals surface area contributed by atoms with Gasteiger partial charge in [-0.15, -0.1) is 0 Å². The molecule has 0 atom stereocenters. The van der Waals surface area contributed by atoms with E-state index in [9.17, 15) is 14.0 Å². The third kappa shape index (κ3) is 4.15. The Labute approximate surface area is 151 Å². The van der Waals surface area contributed by atoms with E-state index in [1.54, 1.807) is 6.07 Å². The molecular formula is C21H18FNO3. The monoisotopic (exact) mass is 351 g/mol. The van der Waals surface area contributed by atoms with Crippen LogP contribution in [0.15, 0.2) is 36.4 Å². The Morgan fingerprint density at radius 2 is 1.88 bits per heavy atom. The number of hydrogen-bond acceptors (Lipinski definition) is 4. The lowest BCUT2D eigenvalue weighted by Crippen LogP contribution is -2.09. The molecular weight excluding hydrogens is 333 g/mol. The smallest absolute Gasteiger partial charge is 0.306 e. The van der Waals surface area contributed by atoms with Crippen LogP contribution in [0.3, 0.4) is 0 Å². The van der Waals surface area contributed by atoms with E-state index in [2.05, 4.69) is 0 Å². The quantitative estimate of drug-likeness (QED) is 0.585. The maximum atomic E-state index is 13.6. The van der Waals surface area contributed by atoms with Gasteiger partial charge < -0.3 is 4.74 Å². The zero-order chi connectivity index (χ0) is 18.5. The Kier molecular flexibility index (Phi) is 5.43. The minimum absolute atomic E-state index is 0.0539. The molecule has 0 spiro atoms. The number of hydrogen-bond donors (Lipinski definition) is 0. The van der Waals surface area contributed by atoms with Crippen LogP contribution in [-0.4, -0.2) is 11.8 Å². The zero-order valence-electron chi connectivity index (χ0n) is 14.3. The van der Waals surface area contributed by atoms with Gasteiger partial charge in [-0.1, -0.05) is 12.1 Å². The molecule has 132 valence electrons. The lowest BCUT2D eigenvalue weighted by atomic mass is 10.0. The SMILES string of the molecule is N#Cc1ccc(F)c(COC(=O)CCC(=O)c2ccc3c(c2)CCC3)c1. The summed E-state index contributed by atoms with van der Waals surface area (Å²) in [6.45, 7) is -0.257. The fourth-order valence-electron chi connectivity index (χ4n) is 3.09. The zero-order valence-corrected chi connectivity index (χ0v) is 14.3. The summed E-state index contributed by atoms with van der Waals surface area (Å²) in [7, 11) is 0. The minimum Gasteiger partial charge on any atom is -0.461 e. The summed E-state index contributed by atoms with van der Waals surface area (Å²) in [5.74, 6) is -1.21. The summed E-state index contributed by atoms with van der Waals surface area (Å²) in [5, 5.41) is 8.82. The second-order valence-electron chi connectivity index (χ2n) is 6.34. The number of halogens is 1. The van der Waals surface area contributed by atoms with Crippen LogP contribution in [0.5, 0.6) is 0 Å². The van der Waals surface area contributed by atoms with Crippen LogP contribution in [0.4, 0.5) is 4.39 Å². The molecule has 0 radical (unpaired) electrons. The van der Waals surface area contributed by atoms with E-state index in [4.69, 9.17) is 10.00 Å². The number of aryl methyl sites for hydroxylation is 2. The van der Waals surface area contributed by atoms with Crippen molar-refractivity contribution in [3.8, 4) is 6.07 Å². The van der Waals surface area contributed by atoms with Crippen molar-refractivity contribution < 1.29 is 18.7 Å². The molecule has 2 aromatic carbocycles. The molecule has 0 bridgehead atoms. The third-order valence-corrected chi connectivity index (χ3v) is 4.54. The van der Waals surface area contributed by atoms with Crippen molar-refractivity contribution in [2.45, 2.75) is 38.7 Å². The molecule has 0 fully saturated rings. The molecule has 0 aromatic heterocycles. The molecule has 4 nitrogen and oxygen atoms in total. The van der Waals surface area contributed by atoms with Crippen molar-refractivity contribution >= 4 is 11.8 Å². The molecule has 5 heteroatoms. The number of fused-ring (bicyclic) bond motifs is 1. The number of ketones is 1. The van der Waals surface area contributed by atoms with E-state index in [1.807, 2.05) is 18.2 Å². The molecule has 0 unspecified atom stereocenters. The summed E-state index contributed by atoms with van der Waals surface area (Å²) in [5.41, 5.74) is 3.56. The number of nitrogens with zero attached hydrogens (tertiary/aromatic N) is 1. The number of Topliss-reactive ketones (excluding diaryl/α,β-unsaturated/α-hetero) is 1. The van der Waals surface area contributed by atoms with Crippen LogP contribution in [0.1, 0.15) is 51.9 Å². The number of carbonyl (C=O) groups excluding carboxylic acids is 2. The highest BCUT2D eigenvalue weighted by atomic mass is 19.1. The molecule has 0 heterocycles. The molecule has 3 rings (SSSR count). The van der Waals surface area contributed by atoms with E-state index in [0.29, 0.717) is 11.1 Å². The van der Waals surface area contributed by atoms with Gasteiger partial charge >= 0.3 is 5.97 Å². The van der Waals surface area contributed by atoms with Crippen LogP contribution >= 0.6 is 0 Å². The summed E-state index contributed by atoms with van der Waals surface area (Å²) in [4.78, 5) is 24.1. The molecule has 0 amide bonds. The molecule has 1 aliphatic rings. The fraction of sp³-hybridized carbons (Fsp3) is 0.286. The second-order valence-corrected chi connectivity index (χ2v) is 6.34. The standard InChI is InChI=1S/C21H18FNO3/c22-19-7-4-14(12-23)10-18(19)13-26-21(25)9-8-20(24)17-6-5-15-2-1-3-16(15)11-17/h4-7,10-11H,1-3,8-9,13H2. The first-order valence-corrected chi connectivity index (χ1v) is 8.56. The minimum atomic E-state index is -0.568. The predicted octanol–water partition coefficient (Wildman–Crippen LogP) is 3.89. The highest BCUT2D eigenvalue weighted by Gasteiger charge is 2.15. The van der Waals surface area contributed by atoms with Crippen molar-refractivity contribution in [2.24, 2.45) is 0 Å². The average molecular weight is 351 g/mol. The van der Waals surface area contributed by atoms with Gasteiger partial charge in [0.25, 0.3) is 0 Å². The van der Waals surface area contributed by atoms with Gasteiger partial charge in [-0.2, -0.15) is 5.26 Å². The van der Waals surface area contributed by atoms with Crippen molar-refractivity contribution in [1.82, 2.24) is 0 Å². The molecule has 26 heavy (non-hydrogen) atoms. The summed E-state index contributed by atoms with van der Waals surface area (Å²) in [6.07, 6.45) is 3.15. The van der Waals surface area contributed by atoms with Crippen LogP contribution in [0, 0.1) is 17.1 Å². The molecule has 0 saturated carbocycles. The first-order chi connectivity index (χ1) is 12.6. The van der Waals surface area contributed by atoms with Crippen LogP contribution in [0.2, 0.25) is 0 Å². The number of esters is 1. The van der Waals surface area contributed by atoms with Crippen molar-refractivity contribution in [3.05, 3.63) is 70.0 Å². The van der Waals surface area contributed by atoms with E-state index < -0.39 is 11.8 Å². The van der Waals surface area contributed by atoms with Gasteiger partial charge in [0, 0.05) is 17.5 Å². The third-order valence-electron chi connectivity index (χ3n) is 4.54.